The van der Waals surface area contributed by atoms with Crippen molar-refractivity contribution in [2.24, 2.45) is 10.9 Å². The number of carbonyl (C=O) groups is 1. The van der Waals surface area contributed by atoms with Crippen molar-refractivity contribution in [1.82, 2.24) is 4.90 Å². The molecule has 0 unspecified atom stereocenters. The van der Waals surface area contributed by atoms with E-state index in [0.717, 1.165) is 20.4 Å². The van der Waals surface area contributed by atoms with E-state index in [2.05, 4.69) is 36.4 Å². The van der Waals surface area contributed by atoms with Gasteiger partial charge in [0, 0.05) is 11.6 Å². The molecule has 0 bridgehead atoms. The summed E-state index contributed by atoms with van der Waals surface area (Å²) >= 11 is 21.8. The molecule has 0 atom stereocenters. The number of hydrogen-bond donors (Lipinski definition) is 0. The lowest BCUT2D eigenvalue weighted by Gasteiger charge is -2.17. The number of benzene rings is 3. The van der Waals surface area contributed by atoms with Crippen LogP contribution in [0.1, 0.15) is 31.9 Å². The average molecular weight is 716 g/mol. The molecule has 4 rings (SSSR count). The molecule has 0 radical (unpaired) electrons. The highest BCUT2D eigenvalue weighted by Crippen LogP contribution is 2.39. The first-order valence-corrected chi connectivity index (χ1v) is 15.3. The second kappa shape index (κ2) is 13.6. The summed E-state index contributed by atoms with van der Waals surface area (Å²) in [4.78, 5) is 20.5. The largest absolute Gasteiger partial charge is 0.490 e. The van der Waals surface area contributed by atoms with Gasteiger partial charge in [-0.25, -0.2) is 4.99 Å². The average Bonchev–Trinajstić information content (AvgIpc) is 3.15. The maximum Gasteiger partial charge on any atom is 0.266 e. The number of ether oxygens (including phenoxy) is 2. The van der Waals surface area contributed by atoms with E-state index in [1.165, 1.54) is 11.8 Å². The van der Waals surface area contributed by atoms with Crippen molar-refractivity contribution in [2.75, 3.05) is 13.2 Å². The number of rotatable bonds is 9. The van der Waals surface area contributed by atoms with Gasteiger partial charge in [-0.15, -0.1) is 0 Å². The van der Waals surface area contributed by atoms with Crippen molar-refractivity contribution in [3.8, 4) is 11.5 Å². The predicted octanol–water partition coefficient (Wildman–Crippen LogP) is 9.49. The predicted molar refractivity (Wildman–Crippen MR) is 172 cm³/mol. The molecule has 0 saturated carbocycles. The van der Waals surface area contributed by atoms with Gasteiger partial charge in [-0.3, -0.25) is 9.69 Å². The minimum absolute atomic E-state index is 0.0747. The van der Waals surface area contributed by atoms with E-state index >= 15 is 0 Å². The lowest BCUT2D eigenvalue weighted by molar-refractivity contribution is -0.122. The lowest BCUT2D eigenvalue weighted by Crippen LogP contribution is -2.32. The smallest absolute Gasteiger partial charge is 0.266 e. The molecular weight excluding hydrogens is 690 g/mol. The minimum atomic E-state index is -0.0747. The van der Waals surface area contributed by atoms with Crippen molar-refractivity contribution in [3.05, 3.63) is 89.3 Å². The number of thioether (sulfide) groups is 1. The monoisotopic (exact) mass is 714 g/mol. The van der Waals surface area contributed by atoms with Crippen LogP contribution in [-0.4, -0.2) is 29.1 Å². The van der Waals surface area contributed by atoms with Crippen LogP contribution in [-0.2, 0) is 11.4 Å². The van der Waals surface area contributed by atoms with E-state index in [-0.39, 0.29) is 11.8 Å². The second-order valence-corrected chi connectivity index (χ2v) is 12.5. The van der Waals surface area contributed by atoms with E-state index in [1.54, 1.807) is 29.2 Å². The molecule has 1 heterocycles. The van der Waals surface area contributed by atoms with Crippen LogP contribution in [0.4, 0.5) is 5.69 Å². The highest BCUT2D eigenvalue weighted by atomic mass is 127. The van der Waals surface area contributed by atoms with E-state index < -0.39 is 0 Å². The van der Waals surface area contributed by atoms with E-state index in [1.807, 2.05) is 43.3 Å². The van der Waals surface area contributed by atoms with Crippen LogP contribution in [0.2, 0.25) is 15.1 Å². The molecular formula is C29H26Cl3IN2O3S. The Hall–Kier alpha value is -1.91. The fourth-order valence-corrected chi connectivity index (χ4v) is 5.99. The van der Waals surface area contributed by atoms with E-state index in [0.29, 0.717) is 56.4 Å². The quantitative estimate of drug-likeness (QED) is 0.164. The third kappa shape index (κ3) is 7.85. The molecule has 1 fully saturated rings. The van der Waals surface area contributed by atoms with Crippen LogP contribution in [0.15, 0.2) is 64.5 Å². The number of hydrogen-bond acceptors (Lipinski definition) is 5. The Bertz CT molecular complexity index is 1430. The molecule has 0 spiro atoms. The van der Waals surface area contributed by atoms with Crippen LogP contribution in [0.3, 0.4) is 0 Å². The molecule has 0 N–H and O–H groups in total. The molecule has 3 aromatic carbocycles. The summed E-state index contributed by atoms with van der Waals surface area (Å²) < 4.78 is 12.9. The van der Waals surface area contributed by atoms with Crippen LogP contribution >= 0.6 is 69.2 Å². The van der Waals surface area contributed by atoms with E-state index in [9.17, 15) is 4.79 Å². The molecule has 1 aliphatic rings. The molecule has 0 aliphatic carbocycles. The molecule has 10 heteroatoms. The zero-order valence-corrected chi connectivity index (χ0v) is 26.8. The third-order valence-electron chi connectivity index (χ3n) is 5.48. The zero-order chi connectivity index (χ0) is 28.1. The van der Waals surface area contributed by atoms with Gasteiger partial charge in [-0.2, -0.15) is 0 Å². The molecule has 0 aromatic heterocycles. The summed E-state index contributed by atoms with van der Waals surface area (Å²) in [6.45, 7) is 7.41. The van der Waals surface area contributed by atoms with Gasteiger partial charge < -0.3 is 9.47 Å². The summed E-state index contributed by atoms with van der Waals surface area (Å²) in [5.74, 6) is 1.43. The van der Waals surface area contributed by atoms with Gasteiger partial charge in [-0.1, -0.05) is 54.7 Å². The molecule has 1 saturated heterocycles. The Morgan fingerprint density at radius 2 is 1.77 bits per heavy atom. The van der Waals surface area contributed by atoms with Crippen molar-refractivity contribution < 1.29 is 14.3 Å². The van der Waals surface area contributed by atoms with Gasteiger partial charge in [-0.05, 0) is 113 Å². The molecule has 204 valence electrons. The van der Waals surface area contributed by atoms with Crippen molar-refractivity contribution in [3.63, 3.8) is 0 Å². The van der Waals surface area contributed by atoms with Gasteiger partial charge in [0.05, 0.1) is 30.8 Å². The topological polar surface area (TPSA) is 51.1 Å². The Kier molecular flexibility index (Phi) is 10.5. The van der Waals surface area contributed by atoms with Crippen LogP contribution < -0.4 is 9.47 Å². The van der Waals surface area contributed by atoms with Gasteiger partial charge in [0.1, 0.15) is 6.61 Å². The first-order valence-electron chi connectivity index (χ1n) is 12.2. The first-order chi connectivity index (χ1) is 18.6. The Balaban J connectivity index is 1.63. The van der Waals surface area contributed by atoms with Gasteiger partial charge in [0.2, 0.25) is 0 Å². The third-order valence-corrected chi connectivity index (χ3v) is 8.28. The molecule has 3 aromatic rings. The summed E-state index contributed by atoms with van der Waals surface area (Å²) in [6, 6.07) is 16.5. The number of amides is 1. The highest BCUT2D eigenvalue weighted by molar-refractivity contribution is 14.1. The standard InChI is InChI=1S/C29H26Cl3IN2O3S/c1-4-37-25-13-19(12-24(33)27(25)38-16-18-5-10-22(31)23(32)11-18)14-26-28(36)35(15-17(2)3)29(39-26)34-21-8-6-20(30)7-9-21/h5-14,17H,4,15-16H2,1-3H3/b26-14-,34-29?. The highest BCUT2D eigenvalue weighted by Gasteiger charge is 2.34. The first kappa shape index (κ1) is 30.1. The van der Waals surface area contributed by atoms with Crippen molar-refractivity contribution in [1.29, 1.82) is 0 Å². The van der Waals surface area contributed by atoms with Gasteiger partial charge >= 0.3 is 0 Å². The van der Waals surface area contributed by atoms with Gasteiger partial charge in [0.15, 0.2) is 16.7 Å². The number of amidine groups is 1. The molecule has 1 aliphatic heterocycles. The molecule has 39 heavy (non-hydrogen) atoms. The van der Waals surface area contributed by atoms with Crippen molar-refractivity contribution >= 4 is 92.0 Å². The normalized spacial score (nSPS) is 15.6. The minimum Gasteiger partial charge on any atom is -0.490 e. The number of halogens is 4. The SMILES string of the molecule is CCOc1cc(/C=C2\SC(=Nc3ccc(Cl)cc3)N(CC(C)C)C2=O)cc(I)c1OCc1ccc(Cl)c(Cl)c1. The number of carbonyl (C=O) groups excluding carboxylic acids is 1. The fourth-order valence-electron chi connectivity index (χ4n) is 3.75. The van der Waals surface area contributed by atoms with Crippen LogP contribution in [0.25, 0.3) is 6.08 Å². The molecule has 5 nitrogen and oxygen atoms in total. The Morgan fingerprint density at radius 3 is 2.44 bits per heavy atom. The van der Waals surface area contributed by atoms with Gasteiger partial charge in [0.25, 0.3) is 5.91 Å². The fraction of sp³-hybridized carbons (Fsp3) is 0.241. The maximum absolute atomic E-state index is 13.4. The summed E-state index contributed by atoms with van der Waals surface area (Å²) in [6.07, 6.45) is 1.87. The lowest BCUT2D eigenvalue weighted by atomic mass is 10.1. The Labute approximate surface area is 261 Å². The number of aliphatic imine (C=N–C) groups is 1. The van der Waals surface area contributed by atoms with Crippen molar-refractivity contribution in [2.45, 2.75) is 27.4 Å². The van der Waals surface area contributed by atoms with Crippen LogP contribution in [0.5, 0.6) is 11.5 Å². The summed E-state index contributed by atoms with van der Waals surface area (Å²) in [5.41, 5.74) is 2.46. The van der Waals surface area contributed by atoms with Crippen LogP contribution in [0, 0.1) is 9.49 Å². The zero-order valence-electron chi connectivity index (χ0n) is 21.5. The van der Waals surface area contributed by atoms with E-state index in [4.69, 9.17) is 49.3 Å². The maximum atomic E-state index is 13.4. The number of nitrogens with zero attached hydrogens (tertiary/aromatic N) is 2. The second-order valence-electron chi connectivity index (χ2n) is 9.09. The molecule has 1 amide bonds. The Morgan fingerprint density at radius 1 is 1.03 bits per heavy atom. The summed E-state index contributed by atoms with van der Waals surface area (Å²) in [5, 5.41) is 2.25. The summed E-state index contributed by atoms with van der Waals surface area (Å²) in [7, 11) is 0.